The van der Waals surface area contributed by atoms with Gasteiger partial charge in [-0.3, -0.25) is 0 Å². The lowest BCUT2D eigenvalue weighted by atomic mass is 10.0. The summed E-state index contributed by atoms with van der Waals surface area (Å²) in [5.74, 6) is 0. The molecule has 176 valence electrons. The average molecular weight is 411 g/mol. The van der Waals surface area contributed by atoms with E-state index < -0.39 is 0 Å². The van der Waals surface area contributed by atoms with Gasteiger partial charge in [0.05, 0.1) is 0 Å². The fourth-order valence-electron chi connectivity index (χ4n) is 4.26. The van der Waals surface area contributed by atoms with Crippen LogP contribution in [0.1, 0.15) is 155 Å². The van der Waals surface area contributed by atoms with Gasteiger partial charge in [0.1, 0.15) is 0 Å². The number of unbranched alkanes of at least 4 members (excludes halogenated alkanes) is 22. The van der Waals surface area contributed by atoms with Gasteiger partial charge in [0.15, 0.2) is 0 Å². The predicted octanol–water partition coefficient (Wildman–Crippen LogP) is 8.53. The van der Waals surface area contributed by atoms with Crippen molar-refractivity contribution in [2.24, 2.45) is 5.73 Å². The summed E-state index contributed by atoms with van der Waals surface area (Å²) in [6.45, 7) is 5.19. The summed E-state index contributed by atoms with van der Waals surface area (Å²) >= 11 is 0. The van der Waals surface area contributed by atoms with Gasteiger partial charge in [0.2, 0.25) is 0 Å². The molecule has 3 N–H and O–H groups in total. The lowest BCUT2D eigenvalue weighted by Crippen LogP contribution is -2.23. The molecule has 0 aromatic heterocycles. The van der Waals surface area contributed by atoms with Crippen molar-refractivity contribution in [2.75, 3.05) is 19.6 Å². The van der Waals surface area contributed by atoms with Crippen molar-refractivity contribution in [1.82, 2.24) is 5.32 Å². The Kier molecular flexibility index (Phi) is 27.8. The third-order valence-electron chi connectivity index (χ3n) is 6.28. The quantitative estimate of drug-likeness (QED) is 0.140. The van der Waals surface area contributed by atoms with Crippen molar-refractivity contribution in [3.63, 3.8) is 0 Å². The minimum Gasteiger partial charge on any atom is -0.329 e. The number of nitrogens with one attached hydrogen (secondary N) is 1. The van der Waals surface area contributed by atoms with Crippen molar-refractivity contribution in [3.05, 3.63) is 0 Å². The molecule has 0 aromatic carbocycles. The first-order valence-electron chi connectivity index (χ1n) is 13.8. The maximum absolute atomic E-state index is 5.46. The van der Waals surface area contributed by atoms with E-state index in [0.717, 1.165) is 19.6 Å². The van der Waals surface area contributed by atoms with E-state index in [9.17, 15) is 0 Å². The Morgan fingerprint density at radius 2 is 0.655 bits per heavy atom. The van der Waals surface area contributed by atoms with E-state index in [2.05, 4.69) is 12.2 Å². The number of hydrogen-bond acceptors (Lipinski definition) is 2. The van der Waals surface area contributed by atoms with Crippen LogP contribution in [0.4, 0.5) is 0 Å². The molecule has 0 saturated heterocycles. The van der Waals surface area contributed by atoms with Crippen LogP contribution in [0.25, 0.3) is 0 Å². The molecule has 2 heteroatoms. The van der Waals surface area contributed by atoms with Crippen molar-refractivity contribution in [3.8, 4) is 0 Å². The van der Waals surface area contributed by atoms with Crippen molar-refractivity contribution in [2.45, 2.75) is 155 Å². The fraction of sp³-hybridized carbons (Fsp3) is 1.00. The molecule has 0 atom stereocenters. The normalized spacial score (nSPS) is 11.4. The number of rotatable bonds is 26. The van der Waals surface area contributed by atoms with Crippen LogP contribution in [-0.4, -0.2) is 19.6 Å². The topological polar surface area (TPSA) is 38.0 Å². The zero-order chi connectivity index (χ0) is 21.1. The van der Waals surface area contributed by atoms with Crippen molar-refractivity contribution < 1.29 is 0 Å². The largest absolute Gasteiger partial charge is 0.329 e. The Bertz CT molecular complexity index is 241. The summed E-state index contributed by atoms with van der Waals surface area (Å²) in [6.07, 6.45) is 33.5. The van der Waals surface area contributed by atoms with Crippen LogP contribution in [0.2, 0.25) is 0 Å². The Morgan fingerprint density at radius 1 is 0.379 bits per heavy atom. The SMILES string of the molecule is CCCCCCCCCCCCCCCCCCCCCCCCCNCCN. The monoisotopic (exact) mass is 410 g/mol. The molecule has 0 aliphatic rings. The summed E-state index contributed by atoms with van der Waals surface area (Å²) in [5.41, 5.74) is 5.46. The lowest BCUT2D eigenvalue weighted by molar-refractivity contribution is 0.516. The predicted molar refractivity (Wildman–Crippen MR) is 134 cm³/mol. The van der Waals surface area contributed by atoms with Gasteiger partial charge in [-0.2, -0.15) is 0 Å². The molecule has 0 amide bonds. The van der Waals surface area contributed by atoms with Gasteiger partial charge in [-0.25, -0.2) is 0 Å². The van der Waals surface area contributed by atoms with Crippen LogP contribution in [-0.2, 0) is 0 Å². The van der Waals surface area contributed by atoms with Crippen LogP contribution in [0.5, 0.6) is 0 Å². The smallest absolute Gasteiger partial charge is 0.00745 e. The van der Waals surface area contributed by atoms with E-state index in [1.54, 1.807) is 0 Å². The first-order valence-corrected chi connectivity index (χ1v) is 13.8. The van der Waals surface area contributed by atoms with Gasteiger partial charge < -0.3 is 11.1 Å². The highest BCUT2D eigenvalue weighted by Crippen LogP contribution is 2.15. The Labute approximate surface area is 185 Å². The first kappa shape index (κ1) is 28.9. The molecule has 0 fully saturated rings. The molecule has 0 radical (unpaired) electrons. The summed E-state index contributed by atoms with van der Waals surface area (Å²) in [5, 5.41) is 3.37. The van der Waals surface area contributed by atoms with Gasteiger partial charge in [0, 0.05) is 13.1 Å². The van der Waals surface area contributed by atoms with Crippen LogP contribution in [0, 0.1) is 0 Å². The molecule has 0 bridgehead atoms. The molecule has 0 aromatic rings. The zero-order valence-electron chi connectivity index (χ0n) is 20.5. The summed E-state index contributed by atoms with van der Waals surface area (Å²) < 4.78 is 0. The molecule has 0 heterocycles. The highest BCUT2D eigenvalue weighted by Gasteiger charge is 1.96. The van der Waals surface area contributed by atoms with E-state index in [0.29, 0.717) is 0 Å². The molecule has 0 rings (SSSR count). The molecule has 0 spiro atoms. The number of nitrogens with two attached hydrogens (primary N) is 1. The lowest BCUT2D eigenvalue weighted by Gasteiger charge is -2.04. The van der Waals surface area contributed by atoms with Crippen LogP contribution >= 0.6 is 0 Å². The van der Waals surface area contributed by atoms with E-state index >= 15 is 0 Å². The molecule has 0 aliphatic heterocycles. The standard InChI is InChI=1S/C27H58N2/c1-2-3-4-5-6-7-8-9-10-11-12-13-14-15-16-17-18-19-20-21-22-23-24-26-29-27-25-28/h29H,2-28H2,1H3. The van der Waals surface area contributed by atoms with E-state index in [4.69, 9.17) is 5.73 Å². The third-order valence-corrected chi connectivity index (χ3v) is 6.28. The maximum atomic E-state index is 5.46. The molecular formula is C27H58N2. The van der Waals surface area contributed by atoms with E-state index in [1.807, 2.05) is 0 Å². The van der Waals surface area contributed by atoms with Gasteiger partial charge in [-0.05, 0) is 13.0 Å². The van der Waals surface area contributed by atoms with E-state index in [-0.39, 0.29) is 0 Å². The molecule has 0 aliphatic carbocycles. The number of hydrogen-bond donors (Lipinski definition) is 2. The Balaban J connectivity index is 2.97. The average Bonchev–Trinajstić information content (AvgIpc) is 2.74. The zero-order valence-corrected chi connectivity index (χ0v) is 20.5. The molecular weight excluding hydrogens is 352 g/mol. The highest BCUT2D eigenvalue weighted by molar-refractivity contribution is 4.52. The van der Waals surface area contributed by atoms with E-state index in [1.165, 1.54) is 148 Å². The Hall–Kier alpha value is -0.0800. The van der Waals surface area contributed by atoms with Gasteiger partial charge in [-0.15, -0.1) is 0 Å². The third kappa shape index (κ3) is 27.9. The molecule has 2 nitrogen and oxygen atoms in total. The maximum Gasteiger partial charge on any atom is 0.00745 e. The summed E-state index contributed by atoms with van der Waals surface area (Å²) in [6, 6.07) is 0. The highest BCUT2D eigenvalue weighted by atomic mass is 14.9. The Morgan fingerprint density at radius 3 is 0.931 bits per heavy atom. The van der Waals surface area contributed by atoms with Gasteiger partial charge in [-0.1, -0.05) is 148 Å². The molecule has 0 saturated carbocycles. The van der Waals surface area contributed by atoms with Crippen LogP contribution < -0.4 is 11.1 Å². The van der Waals surface area contributed by atoms with Gasteiger partial charge in [0.25, 0.3) is 0 Å². The summed E-state index contributed by atoms with van der Waals surface area (Å²) in [4.78, 5) is 0. The minimum atomic E-state index is 0.763. The molecule has 0 unspecified atom stereocenters. The van der Waals surface area contributed by atoms with Crippen molar-refractivity contribution >= 4 is 0 Å². The minimum absolute atomic E-state index is 0.763. The fourth-order valence-corrected chi connectivity index (χ4v) is 4.26. The summed E-state index contributed by atoms with van der Waals surface area (Å²) in [7, 11) is 0. The second-order valence-corrected chi connectivity index (χ2v) is 9.32. The van der Waals surface area contributed by atoms with Gasteiger partial charge >= 0.3 is 0 Å². The molecule has 29 heavy (non-hydrogen) atoms. The van der Waals surface area contributed by atoms with Crippen LogP contribution in [0.3, 0.4) is 0 Å². The van der Waals surface area contributed by atoms with Crippen LogP contribution in [0.15, 0.2) is 0 Å². The van der Waals surface area contributed by atoms with Crippen molar-refractivity contribution in [1.29, 1.82) is 0 Å². The second kappa shape index (κ2) is 27.9. The first-order chi connectivity index (χ1) is 14.4. The second-order valence-electron chi connectivity index (χ2n) is 9.32.